The number of nitrogens with two attached hydrogens (primary N) is 1. The van der Waals surface area contributed by atoms with E-state index in [0.29, 0.717) is 16.6 Å². The Kier molecular flexibility index (Phi) is 6.87. The Hall–Kier alpha value is -2.08. The summed E-state index contributed by atoms with van der Waals surface area (Å²) in [6, 6.07) is 3.76. The number of benzene rings is 1. The Morgan fingerprint density at radius 3 is 2.22 bits per heavy atom. The van der Waals surface area contributed by atoms with E-state index in [9.17, 15) is 9.59 Å². The van der Waals surface area contributed by atoms with Gasteiger partial charge < -0.3 is 15.6 Å². The van der Waals surface area contributed by atoms with Crippen LogP contribution in [0.15, 0.2) is 21.4 Å². The molecule has 146 valence electrons. The molecule has 1 amide bonds. The molecule has 0 aliphatic carbocycles. The number of aryl methyl sites for hydroxylation is 2. The molecular weight excluding hydrogens is 406 g/mol. The average molecular weight is 434 g/mol. The molecule has 2 aromatic rings. The average Bonchev–Trinajstić information content (AvgIpc) is 2.65. The molecule has 0 saturated carbocycles. The minimum absolute atomic E-state index is 0.206. The number of nitrogens with zero attached hydrogens (tertiary/aromatic N) is 1. The lowest BCUT2D eigenvalue weighted by molar-refractivity contribution is 0.102. The van der Waals surface area contributed by atoms with Crippen LogP contribution in [0.2, 0.25) is 0 Å². The van der Waals surface area contributed by atoms with Crippen LogP contribution in [0.4, 0.5) is 11.4 Å². The number of anilines is 2. The Balaban J connectivity index is 2.63. The number of pyridine rings is 1. The molecule has 5 nitrogen and oxygen atoms in total. The highest BCUT2D eigenvalue weighted by Crippen LogP contribution is 2.27. The maximum absolute atomic E-state index is 13.2. The van der Waals surface area contributed by atoms with E-state index in [2.05, 4.69) is 21.2 Å². The van der Waals surface area contributed by atoms with Crippen LogP contribution in [0.25, 0.3) is 0 Å². The topological polar surface area (TPSA) is 77.1 Å². The lowest BCUT2D eigenvalue weighted by atomic mass is 10.0. The first-order valence-electron chi connectivity index (χ1n) is 9.37. The maximum atomic E-state index is 13.2. The molecule has 0 fully saturated rings. The van der Waals surface area contributed by atoms with Crippen molar-refractivity contribution in [1.29, 1.82) is 0 Å². The smallest absolute Gasteiger partial charge is 0.261 e. The highest BCUT2D eigenvalue weighted by atomic mass is 79.9. The van der Waals surface area contributed by atoms with Crippen molar-refractivity contribution in [2.24, 2.45) is 7.05 Å². The second-order valence-corrected chi connectivity index (χ2v) is 7.53. The number of aromatic nitrogens is 1. The van der Waals surface area contributed by atoms with Gasteiger partial charge in [-0.25, -0.2) is 0 Å². The first-order valence-corrected chi connectivity index (χ1v) is 10.2. The number of amides is 1. The van der Waals surface area contributed by atoms with Crippen LogP contribution in [0, 0.1) is 6.92 Å². The second kappa shape index (κ2) is 8.74. The number of rotatable bonds is 6. The molecule has 1 heterocycles. The summed E-state index contributed by atoms with van der Waals surface area (Å²) < 4.78 is 2.35. The molecule has 27 heavy (non-hydrogen) atoms. The Morgan fingerprint density at radius 2 is 1.74 bits per heavy atom. The predicted molar refractivity (Wildman–Crippen MR) is 116 cm³/mol. The van der Waals surface area contributed by atoms with E-state index in [1.807, 2.05) is 51.4 Å². The fraction of sp³-hybridized carbons (Fsp3) is 0.429. The van der Waals surface area contributed by atoms with Gasteiger partial charge in [-0.15, -0.1) is 0 Å². The van der Waals surface area contributed by atoms with Gasteiger partial charge in [-0.2, -0.15) is 0 Å². The van der Waals surface area contributed by atoms with Gasteiger partial charge in [0.15, 0.2) is 0 Å². The van der Waals surface area contributed by atoms with Crippen LogP contribution in [0.3, 0.4) is 0 Å². The number of nitrogen functional groups attached to an aromatic ring is 1. The quantitative estimate of drug-likeness (QED) is 0.663. The third-order valence-corrected chi connectivity index (χ3v) is 5.91. The summed E-state index contributed by atoms with van der Waals surface area (Å²) >= 11 is 3.36. The molecule has 6 heteroatoms. The van der Waals surface area contributed by atoms with Crippen molar-refractivity contribution in [2.45, 2.75) is 53.4 Å². The zero-order chi connectivity index (χ0) is 20.3. The van der Waals surface area contributed by atoms with Crippen molar-refractivity contribution in [1.82, 2.24) is 4.57 Å². The van der Waals surface area contributed by atoms with Crippen molar-refractivity contribution >= 4 is 33.2 Å². The van der Waals surface area contributed by atoms with E-state index in [-0.39, 0.29) is 16.9 Å². The molecule has 1 aromatic carbocycles. The summed E-state index contributed by atoms with van der Waals surface area (Å²) in [5.74, 6) is -0.367. The number of nitrogens with one attached hydrogen (secondary N) is 1. The largest absolute Gasteiger partial charge is 0.399 e. The van der Waals surface area contributed by atoms with E-state index in [0.717, 1.165) is 47.5 Å². The highest BCUT2D eigenvalue weighted by molar-refractivity contribution is 9.10. The van der Waals surface area contributed by atoms with Crippen molar-refractivity contribution < 1.29 is 4.79 Å². The third kappa shape index (κ3) is 4.10. The van der Waals surface area contributed by atoms with Crippen LogP contribution >= 0.6 is 15.9 Å². The van der Waals surface area contributed by atoms with Gasteiger partial charge in [-0.3, -0.25) is 9.59 Å². The fourth-order valence-corrected chi connectivity index (χ4v) is 3.84. The molecule has 0 saturated heterocycles. The lowest BCUT2D eigenvalue weighted by Gasteiger charge is -2.19. The van der Waals surface area contributed by atoms with E-state index in [1.54, 1.807) is 0 Å². The van der Waals surface area contributed by atoms with Crippen LogP contribution in [0.1, 0.15) is 60.1 Å². The number of carbonyl (C=O) groups is 1. The van der Waals surface area contributed by atoms with Crippen LogP contribution in [-0.2, 0) is 26.3 Å². The zero-order valence-electron chi connectivity index (χ0n) is 16.7. The number of halogens is 1. The van der Waals surface area contributed by atoms with Crippen molar-refractivity contribution in [3.05, 3.63) is 54.9 Å². The summed E-state index contributed by atoms with van der Waals surface area (Å²) in [6.07, 6.45) is 2.98. The standard InChI is InChI=1S/C21H28BrN3O2/c1-6-9-16-17(20(26)18(22)12(4)25(16)5)21(27)24-19-13(7-2)10-15(23)11-14(19)8-3/h10-11H,6-9,23H2,1-5H3,(H,24,27). The van der Waals surface area contributed by atoms with E-state index >= 15 is 0 Å². The molecule has 0 aliphatic rings. The van der Waals surface area contributed by atoms with Crippen molar-refractivity contribution in [2.75, 3.05) is 11.1 Å². The van der Waals surface area contributed by atoms with Gasteiger partial charge in [0.2, 0.25) is 5.43 Å². The van der Waals surface area contributed by atoms with Crippen molar-refractivity contribution in [3.63, 3.8) is 0 Å². The lowest BCUT2D eigenvalue weighted by Crippen LogP contribution is -2.29. The Bertz CT molecular complexity index is 907. The van der Waals surface area contributed by atoms with Gasteiger partial charge in [0.25, 0.3) is 5.91 Å². The minimum atomic E-state index is -0.367. The molecule has 0 radical (unpaired) electrons. The summed E-state index contributed by atoms with van der Waals surface area (Å²) in [5.41, 5.74) is 10.9. The van der Waals surface area contributed by atoms with Gasteiger partial charge in [-0.05, 0) is 65.4 Å². The number of carbonyl (C=O) groups excluding carboxylic acids is 1. The van der Waals surface area contributed by atoms with E-state index in [1.165, 1.54) is 0 Å². The fourth-order valence-electron chi connectivity index (χ4n) is 3.38. The molecule has 0 spiro atoms. The minimum Gasteiger partial charge on any atom is -0.399 e. The molecule has 2 rings (SSSR count). The Morgan fingerprint density at radius 1 is 1.19 bits per heavy atom. The maximum Gasteiger partial charge on any atom is 0.261 e. The molecule has 0 aliphatic heterocycles. The molecule has 0 unspecified atom stereocenters. The van der Waals surface area contributed by atoms with Gasteiger partial charge in [0, 0.05) is 29.8 Å². The van der Waals surface area contributed by atoms with E-state index < -0.39 is 0 Å². The van der Waals surface area contributed by atoms with Gasteiger partial charge >= 0.3 is 0 Å². The summed E-state index contributed by atoms with van der Waals surface area (Å²) in [5, 5.41) is 3.01. The van der Waals surface area contributed by atoms with Crippen LogP contribution in [-0.4, -0.2) is 10.5 Å². The molecular formula is C21H28BrN3O2. The van der Waals surface area contributed by atoms with Gasteiger partial charge in [0.05, 0.1) is 4.47 Å². The van der Waals surface area contributed by atoms with Crippen molar-refractivity contribution in [3.8, 4) is 0 Å². The monoisotopic (exact) mass is 433 g/mol. The molecule has 0 bridgehead atoms. The number of hydrogen-bond donors (Lipinski definition) is 2. The van der Waals surface area contributed by atoms with Crippen LogP contribution < -0.4 is 16.5 Å². The second-order valence-electron chi connectivity index (χ2n) is 6.73. The first-order chi connectivity index (χ1) is 12.8. The van der Waals surface area contributed by atoms with Crippen LogP contribution in [0.5, 0.6) is 0 Å². The van der Waals surface area contributed by atoms with Gasteiger partial charge in [-0.1, -0.05) is 27.2 Å². The number of hydrogen-bond acceptors (Lipinski definition) is 3. The zero-order valence-corrected chi connectivity index (χ0v) is 18.3. The summed E-state index contributed by atoms with van der Waals surface area (Å²) in [4.78, 5) is 26.1. The summed E-state index contributed by atoms with van der Waals surface area (Å²) in [7, 11) is 1.89. The predicted octanol–water partition coefficient (Wildman–Crippen LogP) is 4.37. The molecule has 1 aromatic heterocycles. The SMILES string of the molecule is CCCc1c(C(=O)Nc2c(CC)cc(N)cc2CC)c(=O)c(Br)c(C)n1C. The molecule has 0 atom stereocenters. The van der Waals surface area contributed by atoms with E-state index in [4.69, 9.17) is 5.73 Å². The Labute approximate surface area is 169 Å². The first kappa shape index (κ1) is 21.2. The highest BCUT2D eigenvalue weighted by Gasteiger charge is 2.23. The van der Waals surface area contributed by atoms with Gasteiger partial charge in [0.1, 0.15) is 5.56 Å². The summed E-state index contributed by atoms with van der Waals surface area (Å²) in [6.45, 7) is 7.95. The normalized spacial score (nSPS) is 10.9. The third-order valence-electron chi connectivity index (χ3n) is 4.98. The molecule has 3 N–H and O–H groups in total.